The summed E-state index contributed by atoms with van der Waals surface area (Å²) in [5, 5.41) is 0. The van der Waals surface area contributed by atoms with Crippen molar-refractivity contribution in [3.05, 3.63) is 89.5 Å². The third kappa shape index (κ3) is 8.41. The van der Waals surface area contributed by atoms with Crippen LogP contribution in [0.25, 0.3) is 0 Å². The molecule has 37 heavy (non-hydrogen) atoms. The Morgan fingerprint density at radius 1 is 0.676 bits per heavy atom. The first-order chi connectivity index (χ1) is 17.5. The predicted molar refractivity (Wildman–Crippen MR) is 147 cm³/mol. The molecule has 3 aromatic rings. The summed E-state index contributed by atoms with van der Waals surface area (Å²) in [4.78, 5) is 4.48. The topological polar surface area (TPSA) is 112 Å². The normalized spacial score (nSPS) is 11.0. The first-order valence-corrected chi connectivity index (χ1v) is 14.5. The second-order valence-electron chi connectivity index (χ2n) is 8.21. The number of benzene rings is 3. The zero-order valence-corrected chi connectivity index (χ0v) is 23.2. The Balaban J connectivity index is 0.00000112. The van der Waals surface area contributed by atoms with E-state index in [-0.39, 0.29) is 10.8 Å². The van der Waals surface area contributed by atoms with Gasteiger partial charge in [0.25, 0.3) is 10.1 Å². The molecular weight excluding hydrogens is 512 g/mol. The third-order valence-corrected chi connectivity index (χ3v) is 7.05. The quantitative estimate of drug-likeness (QED) is 0.285. The van der Waals surface area contributed by atoms with Crippen LogP contribution >= 0.6 is 0 Å². The molecule has 0 fully saturated rings. The molecule has 0 atom stereocenters. The van der Waals surface area contributed by atoms with Gasteiger partial charge in [0.05, 0.1) is 4.90 Å². The monoisotopic (exact) mass is 546 g/mol. The second kappa shape index (κ2) is 13.9. The van der Waals surface area contributed by atoms with Crippen molar-refractivity contribution in [1.29, 1.82) is 0 Å². The molecule has 3 rings (SSSR count). The average molecular weight is 547 g/mol. The smallest absolute Gasteiger partial charge is 0.372 e. The fourth-order valence-corrected chi connectivity index (χ4v) is 4.90. The minimum atomic E-state index is -4.29. The lowest BCUT2D eigenvalue weighted by Crippen LogP contribution is -2.22. The summed E-state index contributed by atoms with van der Waals surface area (Å²) in [6.07, 6.45) is 0. The number of hydrogen-bond donors (Lipinski definition) is 1. The highest BCUT2D eigenvalue weighted by Gasteiger charge is 2.20. The first-order valence-electron chi connectivity index (χ1n) is 12.1. The summed E-state index contributed by atoms with van der Waals surface area (Å²) in [6, 6.07) is 23.5. The van der Waals surface area contributed by atoms with Gasteiger partial charge in [0, 0.05) is 43.5 Å². The Morgan fingerprint density at radius 3 is 1.38 bits per heavy atom. The van der Waals surface area contributed by atoms with Gasteiger partial charge in [-0.2, -0.15) is 8.42 Å². The van der Waals surface area contributed by atoms with Gasteiger partial charge in [-0.1, -0.05) is 36.4 Å². The van der Waals surface area contributed by atoms with Gasteiger partial charge in [-0.05, 0) is 80.8 Å². The first kappa shape index (κ1) is 30.0. The largest absolute Gasteiger partial charge is 0.425 e. The van der Waals surface area contributed by atoms with Gasteiger partial charge in [-0.3, -0.25) is 4.55 Å². The number of nitrogens with zero attached hydrogens (tertiary/aromatic N) is 2. The highest BCUT2D eigenvalue weighted by atomic mass is 32.2. The van der Waals surface area contributed by atoms with E-state index < -0.39 is 20.7 Å². The Kier molecular flexibility index (Phi) is 11.3. The molecular formula is C27H34N2O6S2. The van der Waals surface area contributed by atoms with Gasteiger partial charge in [0.2, 0.25) is 0 Å². The van der Waals surface area contributed by atoms with Crippen LogP contribution < -0.4 is 9.80 Å². The lowest BCUT2D eigenvalue weighted by molar-refractivity contribution is 0.483. The molecule has 0 saturated carbocycles. The molecule has 0 saturated heterocycles. The van der Waals surface area contributed by atoms with E-state index in [1.54, 1.807) is 12.1 Å². The SMILES string of the molecule is CCN(CC)c1ccc(C(c2ccc(N(CC)CC)cc2)c2cccc(S(=O)(=O)O)c2)cc1.O=S(=O)=O. The number of anilines is 2. The number of hydrogen-bond acceptors (Lipinski definition) is 7. The summed E-state index contributed by atoms with van der Waals surface area (Å²) in [5.41, 5.74) is 5.26. The van der Waals surface area contributed by atoms with Crippen LogP contribution in [0.3, 0.4) is 0 Å². The molecule has 0 heterocycles. The van der Waals surface area contributed by atoms with Gasteiger partial charge in [-0.25, -0.2) is 0 Å². The van der Waals surface area contributed by atoms with Crippen LogP contribution in [0.2, 0.25) is 0 Å². The van der Waals surface area contributed by atoms with Gasteiger partial charge in [0.15, 0.2) is 0 Å². The molecule has 3 aromatic carbocycles. The van der Waals surface area contributed by atoms with Crippen LogP contribution in [0.1, 0.15) is 50.3 Å². The molecule has 0 aromatic heterocycles. The third-order valence-electron chi connectivity index (χ3n) is 6.20. The maximum Gasteiger partial charge on any atom is 0.425 e. The van der Waals surface area contributed by atoms with Crippen molar-refractivity contribution in [2.24, 2.45) is 0 Å². The van der Waals surface area contributed by atoms with Gasteiger partial charge >= 0.3 is 10.6 Å². The standard InChI is InChI=1S/C27H34N2O3S.O3S/c1-5-28(6-2)24-16-12-21(13-17-24)27(23-10-9-11-26(20-23)33(30,31)32)22-14-18-25(19-15-22)29(7-3)8-4;1-4(2)3/h9-20,27H,5-8H2,1-4H3,(H,30,31,32);. The van der Waals surface area contributed by atoms with Crippen molar-refractivity contribution >= 4 is 32.1 Å². The minimum absolute atomic E-state index is 0.0930. The fourth-order valence-electron chi connectivity index (χ4n) is 4.36. The Labute approximate surface area is 221 Å². The summed E-state index contributed by atoms with van der Waals surface area (Å²) in [5.74, 6) is -0.164. The summed E-state index contributed by atoms with van der Waals surface area (Å²) in [6.45, 7) is 12.3. The molecule has 10 heteroatoms. The fraction of sp³-hybridized carbons (Fsp3) is 0.333. The second-order valence-corrected chi connectivity index (χ2v) is 10.0. The van der Waals surface area contributed by atoms with Gasteiger partial charge in [0.1, 0.15) is 0 Å². The summed E-state index contributed by atoms with van der Waals surface area (Å²) < 4.78 is 58.5. The van der Waals surface area contributed by atoms with Crippen molar-refractivity contribution < 1.29 is 25.6 Å². The summed E-state index contributed by atoms with van der Waals surface area (Å²) >= 11 is 0. The van der Waals surface area contributed by atoms with Crippen molar-refractivity contribution in [2.75, 3.05) is 36.0 Å². The highest BCUT2D eigenvalue weighted by Crippen LogP contribution is 2.35. The Hall–Kier alpha value is -3.21. The maximum absolute atomic E-state index is 11.8. The number of rotatable bonds is 10. The molecule has 200 valence electrons. The van der Waals surface area contributed by atoms with Crippen LogP contribution in [0.4, 0.5) is 11.4 Å². The van der Waals surface area contributed by atoms with Crippen LogP contribution in [0.15, 0.2) is 77.7 Å². The molecule has 0 spiro atoms. The van der Waals surface area contributed by atoms with E-state index in [1.165, 1.54) is 6.07 Å². The lowest BCUT2D eigenvalue weighted by Gasteiger charge is -2.25. The molecule has 1 N–H and O–H groups in total. The molecule has 0 aliphatic rings. The van der Waals surface area contributed by atoms with Crippen molar-refractivity contribution in [1.82, 2.24) is 0 Å². The van der Waals surface area contributed by atoms with E-state index in [1.807, 2.05) is 6.07 Å². The molecule has 0 radical (unpaired) electrons. The molecule has 0 bridgehead atoms. The molecule has 0 unspecified atom stereocenters. The molecule has 8 nitrogen and oxygen atoms in total. The van der Waals surface area contributed by atoms with Gasteiger partial charge < -0.3 is 9.80 Å². The van der Waals surface area contributed by atoms with Crippen LogP contribution in [-0.2, 0) is 20.7 Å². The van der Waals surface area contributed by atoms with Crippen LogP contribution in [0, 0.1) is 0 Å². The molecule has 0 amide bonds. The minimum Gasteiger partial charge on any atom is -0.372 e. The van der Waals surface area contributed by atoms with E-state index >= 15 is 0 Å². The predicted octanol–water partition coefficient (Wildman–Crippen LogP) is 4.80. The lowest BCUT2D eigenvalue weighted by atomic mass is 9.85. The van der Waals surface area contributed by atoms with Crippen LogP contribution in [-0.4, -0.2) is 51.8 Å². The molecule has 0 aliphatic carbocycles. The van der Waals surface area contributed by atoms with E-state index in [9.17, 15) is 13.0 Å². The van der Waals surface area contributed by atoms with E-state index in [4.69, 9.17) is 12.6 Å². The van der Waals surface area contributed by atoms with Crippen LogP contribution in [0.5, 0.6) is 0 Å². The average Bonchev–Trinajstić information content (AvgIpc) is 2.87. The highest BCUT2D eigenvalue weighted by molar-refractivity contribution is 7.85. The van der Waals surface area contributed by atoms with E-state index in [2.05, 4.69) is 86.0 Å². The zero-order chi connectivity index (χ0) is 27.6. The van der Waals surface area contributed by atoms with Crippen molar-refractivity contribution in [2.45, 2.75) is 38.5 Å². The van der Waals surface area contributed by atoms with Crippen molar-refractivity contribution in [3.8, 4) is 0 Å². The van der Waals surface area contributed by atoms with E-state index in [0.29, 0.717) is 0 Å². The van der Waals surface area contributed by atoms with Gasteiger partial charge in [-0.15, -0.1) is 12.6 Å². The Morgan fingerprint density at radius 2 is 1.05 bits per heavy atom. The molecule has 0 aliphatic heterocycles. The zero-order valence-electron chi connectivity index (χ0n) is 21.5. The summed E-state index contributed by atoms with van der Waals surface area (Å²) in [7, 11) is -7.40. The van der Waals surface area contributed by atoms with Crippen molar-refractivity contribution in [3.63, 3.8) is 0 Å². The van der Waals surface area contributed by atoms with E-state index in [0.717, 1.165) is 54.2 Å². The maximum atomic E-state index is 11.8. The Bertz CT molecular complexity index is 1290.